The third-order valence-corrected chi connectivity index (χ3v) is 5.99. The van der Waals surface area contributed by atoms with Gasteiger partial charge in [-0.05, 0) is 39.7 Å². The lowest BCUT2D eigenvalue weighted by Crippen LogP contribution is -2.42. The van der Waals surface area contributed by atoms with Crippen LogP contribution in [0.1, 0.15) is 69.1 Å². The fraction of sp³-hybridized carbons (Fsp3) is 0.429. The Morgan fingerprint density at radius 1 is 1.18 bits per heavy atom. The van der Waals surface area contributed by atoms with Gasteiger partial charge < -0.3 is 15.4 Å². The van der Waals surface area contributed by atoms with Crippen molar-refractivity contribution in [3.63, 3.8) is 0 Å². The number of aromatic nitrogens is 2. The molecule has 1 atom stereocenters. The van der Waals surface area contributed by atoms with Crippen LogP contribution in [0.3, 0.4) is 0 Å². The first-order valence-corrected chi connectivity index (χ1v) is 12.6. The molecule has 0 bridgehead atoms. The number of allylic oxidation sites excluding steroid dienone is 7. The predicted octanol–water partition coefficient (Wildman–Crippen LogP) is 2.64. The summed E-state index contributed by atoms with van der Waals surface area (Å²) in [6.45, 7) is 6.76. The fourth-order valence-electron chi connectivity index (χ4n) is 4.08. The van der Waals surface area contributed by atoms with Gasteiger partial charge in [0, 0.05) is 24.6 Å². The second kappa shape index (κ2) is 12.0. The second-order valence-electron chi connectivity index (χ2n) is 10.2. The number of nitrogen functional groups attached to an aromatic ring is 1. The molecule has 202 valence electrons. The van der Waals surface area contributed by atoms with Crippen LogP contribution in [0.25, 0.3) is 0 Å². The molecular weight excluding hydrogens is 488 g/mol. The number of nitrogens with two attached hydrogens (primary N) is 1. The number of nitrogens with zero attached hydrogens (tertiary/aromatic N) is 3. The number of anilines is 1. The van der Waals surface area contributed by atoms with Crippen LogP contribution in [-0.4, -0.2) is 56.6 Å². The Morgan fingerprint density at radius 3 is 2.55 bits per heavy atom. The van der Waals surface area contributed by atoms with Crippen LogP contribution in [0, 0.1) is 0 Å². The summed E-state index contributed by atoms with van der Waals surface area (Å²) in [4.78, 5) is 70.1. The lowest BCUT2D eigenvalue weighted by molar-refractivity contribution is -0.133. The number of amides is 1. The van der Waals surface area contributed by atoms with E-state index in [1.807, 2.05) is 31.2 Å². The standard InChI is InChI=1S/C28H34N4O6/c1-5-6-15-31(16-19-13-10-14-20(33)23(19)35)21(34)17-32-25(18-11-8-7-9-12-18)30-24(29)22(26(32)36)27(37)38-28(2,3)4/h7-11,13-14,18H,5-6,12,15-17,29H2,1-4H3. The Balaban J connectivity index is 2.03. The van der Waals surface area contributed by atoms with E-state index in [0.29, 0.717) is 19.4 Å². The number of carbonyl (C=O) groups is 4. The highest BCUT2D eigenvalue weighted by Gasteiger charge is 2.30. The Hall–Kier alpha value is -4.08. The topological polar surface area (TPSA) is 142 Å². The molecule has 3 rings (SSSR count). The summed E-state index contributed by atoms with van der Waals surface area (Å²) in [5.74, 6) is -3.07. The molecule has 2 aliphatic carbocycles. The minimum Gasteiger partial charge on any atom is -0.456 e. The van der Waals surface area contributed by atoms with Crippen LogP contribution in [0.5, 0.6) is 0 Å². The lowest BCUT2D eigenvalue weighted by Gasteiger charge is -2.26. The number of hydrogen-bond acceptors (Lipinski definition) is 8. The van der Waals surface area contributed by atoms with E-state index in [-0.39, 0.29) is 29.7 Å². The number of hydrogen-bond donors (Lipinski definition) is 1. The number of esters is 1. The molecule has 0 fully saturated rings. The van der Waals surface area contributed by atoms with Crippen molar-refractivity contribution >= 4 is 29.3 Å². The molecule has 2 N–H and O–H groups in total. The Bertz CT molecular complexity index is 1310. The smallest absolute Gasteiger partial charge is 0.348 e. The van der Waals surface area contributed by atoms with Crippen molar-refractivity contribution in [1.29, 1.82) is 0 Å². The van der Waals surface area contributed by atoms with E-state index in [2.05, 4.69) is 4.98 Å². The molecule has 38 heavy (non-hydrogen) atoms. The van der Waals surface area contributed by atoms with E-state index in [1.165, 1.54) is 23.1 Å². The molecular formula is C28H34N4O6. The van der Waals surface area contributed by atoms with Crippen molar-refractivity contribution in [2.45, 2.75) is 65.0 Å². The molecule has 0 saturated carbocycles. The first-order chi connectivity index (χ1) is 17.9. The fourth-order valence-corrected chi connectivity index (χ4v) is 4.08. The van der Waals surface area contributed by atoms with Crippen molar-refractivity contribution in [2.75, 3.05) is 18.8 Å². The number of carbonyl (C=O) groups excluding carboxylic acids is 4. The van der Waals surface area contributed by atoms with Gasteiger partial charge in [0.15, 0.2) is 5.56 Å². The summed E-state index contributed by atoms with van der Waals surface area (Å²) in [5.41, 5.74) is 4.18. The van der Waals surface area contributed by atoms with Gasteiger partial charge >= 0.3 is 5.97 Å². The molecule has 0 aliphatic heterocycles. The first kappa shape index (κ1) is 28.5. The van der Waals surface area contributed by atoms with E-state index in [0.717, 1.165) is 11.0 Å². The van der Waals surface area contributed by atoms with E-state index in [9.17, 15) is 24.0 Å². The molecule has 10 heteroatoms. The van der Waals surface area contributed by atoms with E-state index >= 15 is 0 Å². The van der Waals surface area contributed by atoms with Gasteiger partial charge in [-0.2, -0.15) is 0 Å². The van der Waals surface area contributed by atoms with Crippen LogP contribution in [0.15, 0.2) is 52.9 Å². The van der Waals surface area contributed by atoms with Crippen LogP contribution in [0.4, 0.5) is 5.82 Å². The van der Waals surface area contributed by atoms with Gasteiger partial charge in [0.1, 0.15) is 23.8 Å². The van der Waals surface area contributed by atoms with Crippen molar-refractivity contribution < 1.29 is 23.9 Å². The van der Waals surface area contributed by atoms with Crippen LogP contribution >= 0.6 is 0 Å². The molecule has 1 aromatic rings. The van der Waals surface area contributed by atoms with Crippen molar-refractivity contribution in [3.05, 3.63) is 69.8 Å². The van der Waals surface area contributed by atoms with Gasteiger partial charge in [-0.3, -0.25) is 23.7 Å². The highest BCUT2D eigenvalue weighted by atomic mass is 16.6. The molecule has 1 amide bonds. The average Bonchev–Trinajstić information content (AvgIpc) is 2.85. The largest absolute Gasteiger partial charge is 0.456 e. The molecule has 1 unspecified atom stereocenters. The Kier molecular flexibility index (Phi) is 8.98. The van der Waals surface area contributed by atoms with Gasteiger partial charge in [-0.15, -0.1) is 0 Å². The van der Waals surface area contributed by atoms with Crippen molar-refractivity contribution in [3.8, 4) is 0 Å². The maximum Gasteiger partial charge on any atom is 0.348 e. The van der Waals surface area contributed by atoms with Crippen LogP contribution in [-0.2, 0) is 25.7 Å². The molecule has 1 aromatic heterocycles. The minimum atomic E-state index is -0.926. The Labute approximate surface area is 221 Å². The third kappa shape index (κ3) is 6.81. The Morgan fingerprint density at radius 2 is 1.92 bits per heavy atom. The molecule has 1 heterocycles. The summed E-state index contributed by atoms with van der Waals surface area (Å²) in [5, 5.41) is 0. The number of Topliss-reactive ketones (excluding diaryl/α,β-unsaturated/α-hetero) is 1. The second-order valence-corrected chi connectivity index (χ2v) is 10.2. The molecule has 0 radical (unpaired) electrons. The average molecular weight is 523 g/mol. The van der Waals surface area contributed by atoms with E-state index in [4.69, 9.17) is 10.5 Å². The predicted molar refractivity (Wildman–Crippen MR) is 142 cm³/mol. The zero-order chi connectivity index (χ0) is 28.0. The number of unbranched alkanes of at least 4 members (excludes halogenated alkanes) is 1. The zero-order valence-electron chi connectivity index (χ0n) is 22.2. The summed E-state index contributed by atoms with van der Waals surface area (Å²) in [6, 6.07) is 0. The normalized spacial score (nSPS) is 16.9. The van der Waals surface area contributed by atoms with Gasteiger partial charge in [-0.25, -0.2) is 9.78 Å². The number of rotatable bonds is 9. The monoisotopic (exact) mass is 522 g/mol. The summed E-state index contributed by atoms with van der Waals surface area (Å²) >= 11 is 0. The highest BCUT2D eigenvalue weighted by molar-refractivity contribution is 6.48. The minimum absolute atomic E-state index is 0.0782. The van der Waals surface area contributed by atoms with Gasteiger partial charge in [0.25, 0.3) is 5.56 Å². The van der Waals surface area contributed by atoms with Gasteiger partial charge in [0.05, 0.1) is 0 Å². The SMILES string of the molecule is CCCCN(CC1=CC=CC(=O)C1=O)C(=O)Cn1c(C2C=CC=CC2)nc(N)c(C(=O)OC(C)(C)C)c1=O. The van der Waals surface area contributed by atoms with Crippen LogP contribution in [0.2, 0.25) is 0 Å². The van der Waals surface area contributed by atoms with Gasteiger partial charge in [0.2, 0.25) is 17.5 Å². The summed E-state index contributed by atoms with van der Waals surface area (Å²) in [7, 11) is 0. The number of ketones is 2. The van der Waals surface area contributed by atoms with Crippen molar-refractivity contribution in [2.24, 2.45) is 0 Å². The maximum atomic E-state index is 13.6. The van der Waals surface area contributed by atoms with Crippen LogP contribution < -0.4 is 11.3 Å². The van der Waals surface area contributed by atoms with E-state index in [1.54, 1.807) is 20.8 Å². The zero-order valence-corrected chi connectivity index (χ0v) is 22.2. The number of ether oxygens (including phenoxy) is 1. The molecule has 2 aliphatic rings. The quantitative estimate of drug-likeness (QED) is 0.296. The maximum absolute atomic E-state index is 13.6. The van der Waals surface area contributed by atoms with Gasteiger partial charge in [-0.1, -0.05) is 49.8 Å². The molecule has 0 saturated heterocycles. The summed E-state index contributed by atoms with van der Waals surface area (Å²) in [6.07, 6.45) is 13.5. The lowest BCUT2D eigenvalue weighted by atomic mass is 9.99. The first-order valence-electron chi connectivity index (χ1n) is 12.6. The molecule has 0 aromatic carbocycles. The highest BCUT2D eigenvalue weighted by Crippen LogP contribution is 2.24. The van der Waals surface area contributed by atoms with Crippen molar-refractivity contribution in [1.82, 2.24) is 14.5 Å². The molecule has 10 nitrogen and oxygen atoms in total. The third-order valence-electron chi connectivity index (χ3n) is 5.99. The summed E-state index contributed by atoms with van der Waals surface area (Å²) < 4.78 is 6.54. The van der Waals surface area contributed by atoms with E-state index < -0.39 is 46.7 Å². The molecule has 0 spiro atoms.